The molecule has 5 rings (SSSR count). The molecular weight excluding hydrogens is 416 g/mol. The topological polar surface area (TPSA) is 79.1 Å². The van der Waals surface area contributed by atoms with Gasteiger partial charge in [-0.05, 0) is 34.2 Å². The molecular formula is C26H30N4O3. The number of ether oxygens (including phenoxy) is 1. The first kappa shape index (κ1) is 21.7. The Morgan fingerprint density at radius 2 is 1.76 bits per heavy atom. The lowest BCUT2D eigenvalue weighted by Crippen LogP contribution is -2.45. The molecule has 0 aliphatic carbocycles. The summed E-state index contributed by atoms with van der Waals surface area (Å²) in [5, 5.41) is 0. The number of morpholine rings is 1. The lowest BCUT2D eigenvalue weighted by molar-refractivity contribution is -0.133. The zero-order valence-electron chi connectivity index (χ0n) is 18.8. The summed E-state index contributed by atoms with van der Waals surface area (Å²) in [6.45, 7) is 5.46. The fourth-order valence-electron chi connectivity index (χ4n) is 5.04. The van der Waals surface area contributed by atoms with Crippen LogP contribution in [-0.2, 0) is 16.1 Å². The summed E-state index contributed by atoms with van der Waals surface area (Å²) in [6.07, 6.45) is 3.00. The van der Waals surface area contributed by atoms with Gasteiger partial charge < -0.3 is 20.3 Å². The zero-order valence-corrected chi connectivity index (χ0v) is 18.8. The fraction of sp³-hybridized carbons (Fsp3) is 0.385. The number of rotatable bonds is 4. The Balaban J connectivity index is 1.26. The van der Waals surface area contributed by atoms with Gasteiger partial charge in [-0.3, -0.25) is 9.69 Å². The van der Waals surface area contributed by atoms with Crippen LogP contribution in [0.25, 0.3) is 5.57 Å². The van der Waals surface area contributed by atoms with E-state index in [2.05, 4.69) is 47.4 Å². The van der Waals surface area contributed by atoms with Crippen LogP contribution in [0.4, 0.5) is 4.79 Å². The Labute approximate surface area is 194 Å². The molecule has 7 heteroatoms. The molecule has 0 radical (unpaired) electrons. The van der Waals surface area contributed by atoms with Gasteiger partial charge in [0.05, 0.1) is 25.8 Å². The normalized spacial score (nSPS) is 21.0. The van der Waals surface area contributed by atoms with Gasteiger partial charge in [0.2, 0.25) is 5.91 Å². The maximum Gasteiger partial charge on any atom is 0.315 e. The van der Waals surface area contributed by atoms with Gasteiger partial charge in [-0.15, -0.1) is 0 Å². The molecule has 0 saturated carbocycles. The van der Waals surface area contributed by atoms with E-state index in [9.17, 15) is 9.59 Å². The van der Waals surface area contributed by atoms with Crippen LogP contribution in [0.1, 0.15) is 34.7 Å². The van der Waals surface area contributed by atoms with E-state index < -0.39 is 6.03 Å². The highest BCUT2D eigenvalue weighted by atomic mass is 16.5. The highest BCUT2D eigenvalue weighted by Gasteiger charge is 2.33. The minimum Gasteiger partial charge on any atom is -0.379 e. The van der Waals surface area contributed by atoms with Crippen molar-refractivity contribution >= 4 is 17.5 Å². The molecule has 2 aromatic carbocycles. The van der Waals surface area contributed by atoms with Gasteiger partial charge in [-0.2, -0.15) is 0 Å². The second-order valence-electron chi connectivity index (χ2n) is 8.90. The van der Waals surface area contributed by atoms with E-state index in [1.54, 1.807) is 4.90 Å². The highest BCUT2D eigenvalue weighted by molar-refractivity contribution is 5.80. The van der Waals surface area contributed by atoms with Gasteiger partial charge in [0.25, 0.3) is 0 Å². The molecule has 2 aromatic rings. The van der Waals surface area contributed by atoms with Crippen molar-refractivity contribution in [3.63, 3.8) is 0 Å². The van der Waals surface area contributed by atoms with Gasteiger partial charge in [0.15, 0.2) is 0 Å². The van der Waals surface area contributed by atoms with Crippen LogP contribution in [0.2, 0.25) is 0 Å². The molecule has 3 amide bonds. The monoisotopic (exact) mass is 446 g/mol. The van der Waals surface area contributed by atoms with Crippen LogP contribution in [0.3, 0.4) is 0 Å². The molecule has 3 aliphatic rings. The molecule has 3 heterocycles. The fourth-order valence-corrected chi connectivity index (χ4v) is 5.04. The summed E-state index contributed by atoms with van der Waals surface area (Å²) in [5.74, 6) is 0.189. The number of amides is 3. The van der Waals surface area contributed by atoms with Gasteiger partial charge in [0, 0.05) is 32.7 Å². The van der Waals surface area contributed by atoms with Gasteiger partial charge in [-0.1, -0.05) is 54.6 Å². The van der Waals surface area contributed by atoms with E-state index in [1.165, 1.54) is 5.57 Å². The van der Waals surface area contributed by atoms with Crippen LogP contribution in [0.15, 0.2) is 54.6 Å². The van der Waals surface area contributed by atoms with Crippen LogP contribution in [0.5, 0.6) is 0 Å². The Morgan fingerprint density at radius 3 is 2.45 bits per heavy atom. The third kappa shape index (κ3) is 4.51. The second kappa shape index (κ2) is 9.37. The molecule has 0 aromatic heterocycles. The molecule has 0 bridgehead atoms. The smallest absolute Gasteiger partial charge is 0.315 e. The number of primary amides is 1. The number of fused-ring (bicyclic) bond motifs is 1. The summed E-state index contributed by atoms with van der Waals surface area (Å²) >= 11 is 0. The van der Waals surface area contributed by atoms with Gasteiger partial charge in [-0.25, -0.2) is 4.79 Å². The lowest BCUT2D eigenvalue weighted by atomic mass is 9.94. The van der Waals surface area contributed by atoms with E-state index in [0.29, 0.717) is 32.8 Å². The number of nitrogens with two attached hydrogens (primary N) is 1. The zero-order chi connectivity index (χ0) is 22.8. The quantitative estimate of drug-likeness (QED) is 0.783. The molecule has 1 saturated heterocycles. The van der Waals surface area contributed by atoms with Crippen molar-refractivity contribution in [3.05, 3.63) is 76.9 Å². The van der Waals surface area contributed by atoms with Crippen molar-refractivity contribution in [2.75, 3.05) is 45.9 Å². The van der Waals surface area contributed by atoms with Crippen LogP contribution in [0, 0.1) is 0 Å². The number of carbonyl (C=O) groups is 2. The van der Waals surface area contributed by atoms with Crippen molar-refractivity contribution in [3.8, 4) is 0 Å². The third-order valence-corrected chi connectivity index (χ3v) is 6.91. The predicted octanol–water partition coefficient (Wildman–Crippen LogP) is 2.62. The van der Waals surface area contributed by atoms with Gasteiger partial charge >= 0.3 is 6.03 Å². The van der Waals surface area contributed by atoms with E-state index >= 15 is 0 Å². The van der Waals surface area contributed by atoms with Crippen LogP contribution >= 0.6 is 0 Å². The maximum atomic E-state index is 12.7. The SMILES string of the molecule is NC(=O)N1Cc2ccccc2C1c1ccc(C2=CCN(C(=O)CN3CCOCC3)CC2)cc1. The number of carbonyl (C=O) groups excluding carboxylic acids is 2. The number of hydrogen-bond donors (Lipinski definition) is 1. The average Bonchev–Trinajstić information content (AvgIpc) is 3.25. The highest BCUT2D eigenvalue weighted by Crippen LogP contribution is 2.38. The Morgan fingerprint density at radius 1 is 1.00 bits per heavy atom. The van der Waals surface area contributed by atoms with Crippen molar-refractivity contribution in [2.24, 2.45) is 5.73 Å². The summed E-state index contributed by atoms with van der Waals surface area (Å²) in [7, 11) is 0. The molecule has 2 N–H and O–H groups in total. The summed E-state index contributed by atoms with van der Waals surface area (Å²) in [5.41, 5.74) is 11.4. The first-order valence-corrected chi connectivity index (χ1v) is 11.6. The minimum atomic E-state index is -0.405. The van der Waals surface area contributed by atoms with E-state index in [4.69, 9.17) is 10.5 Å². The summed E-state index contributed by atoms with van der Waals surface area (Å²) < 4.78 is 5.36. The molecule has 1 fully saturated rings. The molecule has 0 spiro atoms. The number of urea groups is 1. The molecule has 1 unspecified atom stereocenters. The largest absolute Gasteiger partial charge is 0.379 e. The standard InChI is InChI=1S/C26H30N4O3/c27-26(32)30-17-22-3-1-2-4-23(22)25(30)21-7-5-19(6-8-21)20-9-11-29(12-10-20)24(31)18-28-13-15-33-16-14-28/h1-9,25H,10-18H2,(H2,27,32). The van der Waals surface area contributed by atoms with Crippen LogP contribution in [-0.4, -0.2) is 72.6 Å². The second-order valence-corrected chi connectivity index (χ2v) is 8.90. The van der Waals surface area contributed by atoms with E-state index in [1.807, 2.05) is 17.0 Å². The third-order valence-electron chi connectivity index (χ3n) is 6.91. The average molecular weight is 447 g/mol. The van der Waals surface area contributed by atoms with Crippen molar-refractivity contribution in [1.29, 1.82) is 0 Å². The Kier molecular flexibility index (Phi) is 6.15. The number of nitrogens with zero attached hydrogens (tertiary/aromatic N) is 3. The number of benzene rings is 2. The maximum absolute atomic E-state index is 12.7. The van der Waals surface area contributed by atoms with Crippen molar-refractivity contribution < 1.29 is 14.3 Å². The first-order chi connectivity index (χ1) is 16.1. The molecule has 172 valence electrons. The van der Waals surface area contributed by atoms with Crippen LogP contribution < -0.4 is 5.73 Å². The molecule has 7 nitrogen and oxygen atoms in total. The molecule has 1 atom stereocenters. The van der Waals surface area contributed by atoms with Crippen molar-refractivity contribution in [1.82, 2.24) is 14.7 Å². The first-order valence-electron chi connectivity index (χ1n) is 11.6. The Bertz CT molecular complexity index is 1060. The summed E-state index contributed by atoms with van der Waals surface area (Å²) in [4.78, 5) is 30.6. The molecule has 3 aliphatic heterocycles. The van der Waals surface area contributed by atoms with E-state index in [-0.39, 0.29) is 11.9 Å². The number of hydrogen-bond acceptors (Lipinski definition) is 4. The van der Waals surface area contributed by atoms with Gasteiger partial charge in [0.1, 0.15) is 0 Å². The predicted molar refractivity (Wildman–Crippen MR) is 126 cm³/mol. The lowest BCUT2D eigenvalue weighted by Gasteiger charge is -2.31. The minimum absolute atomic E-state index is 0.151. The van der Waals surface area contributed by atoms with Crippen molar-refractivity contribution in [2.45, 2.75) is 19.0 Å². The Hall–Kier alpha value is -3.16. The van der Waals surface area contributed by atoms with E-state index in [0.717, 1.165) is 48.3 Å². The summed E-state index contributed by atoms with van der Waals surface area (Å²) in [6, 6.07) is 16.0. The molecule has 33 heavy (non-hydrogen) atoms.